The van der Waals surface area contributed by atoms with E-state index in [2.05, 4.69) is 33.8 Å². The van der Waals surface area contributed by atoms with Crippen molar-refractivity contribution in [2.45, 2.75) is 39.1 Å². The van der Waals surface area contributed by atoms with Gasteiger partial charge in [0.1, 0.15) is 23.0 Å². The van der Waals surface area contributed by atoms with Crippen LogP contribution in [0.25, 0.3) is 22.2 Å². The zero-order chi connectivity index (χ0) is 37.6. The van der Waals surface area contributed by atoms with E-state index in [0.29, 0.717) is 50.6 Å². The third-order valence-electron chi connectivity index (χ3n) is 10.2. The van der Waals surface area contributed by atoms with E-state index in [1.54, 1.807) is 47.4 Å². The Hall–Kier alpha value is -5.72. The van der Waals surface area contributed by atoms with Gasteiger partial charge in [-0.15, -0.1) is 0 Å². The Bertz CT molecular complexity index is 2070. The molecule has 4 aromatic carbocycles. The van der Waals surface area contributed by atoms with Gasteiger partial charge in [0.25, 0.3) is 5.91 Å². The van der Waals surface area contributed by atoms with Crippen LogP contribution in [0.2, 0.25) is 0 Å². The molecular formula is C42H47N5O7. The Morgan fingerprint density at radius 3 is 2.35 bits per heavy atom. The van der Waals surface area contributed by atoms with Crippen LogP contribution in [0, 0.1) is 6.92 Å². The molecule has 2 amide bonds. The van der Waals surface area contributed by atoms with Crippen LogP contribution in [0.4, 0.5) is 5.69 Å². The first kappa shape index (κ1) is 36.6. The van der Waals surface area contributed by atoms with Crippen LogP contribution in [0.5, 0.6) is 23.0 Å². The molecule has 0 saturated carbocycles. The predicted molar refractivity (Wildman–Crippen MR) is 207 cm³/mol. The number of hydrogen-bond acceptors (Lipinski definition) is 9. The number of benzene rings is 4. The summed E-state index contributed by atoms with van der Waals surface area (Å²) < 4.78 is 14.1. The Balaban J connectivity index is 0.829. The van der Waals surface area contributed by atoms with Gasteiger partial charge in [-0.3, -0.25) is 14.5 Å². The monoisotopic (exact) mass is 733 g/mol. The van der Waals surface area contributed by atoms with E-state index >= 15 is 0 Å². The van der Waals surface area contributed by atoms with Gasteiger partial charge in [-0.2, -0.15) is 0 Å². The second-order valence-corrected chi connectivity index (χ2v) is 13.9. The van der Waals surface area contributed by atoms with E-state index in [-0.39, 0.29) is 29.9 Å². The lowest BCUT2D eigenvalue weighted by molar-refractivity contribution is -0.135. The summed E-state index contributed by atoms with van der Waals surface area (Å²) in [6.07, 6.45) is 1.12. The maximum atomic E-state index is 12.9. The van der Waals surface area contributed by atoms with Gasteiger partial charge < -0.3 is 44.5 Å². The maximum Gasteiger partial charge on any atom is 0.260 e. The molecule has 2 saturated heterocycles. The van der Waals surface area contributed by atoms with Gasteiger partial charge in [0.05, 0.1) is 12.3 Å². The summed E-state index contributed by atoms with van der Waals surface area (Å²) in [7, 11) is 0. The standard InChI is InChI=1S/C42H47N5O7/c1-29-37-26-34(49)13-16-38(37)47(41(29)31-9-11-33(48)12-10-31)27-30-7-14-35(15-8-30)53-24-3-2-18-44-20-22-45(23-21-44)40(51)28-54-36-6-4-5-32(25-36)46-19-17-39(50)43-42(46)52/h4-16,25-26,42,48-49,52H,2-3,17-24,27-28H2,1H3,(H,43,50). The number of amides is 2. The van der Waals surface area contributed by atoms with Gasteiger partial charge >= 0.3 is 0 Å². The number of phenols is 2. The number of phenolic OH excluding ortho intramolecular Hbond substituents is 2. The van der Waals surface area contributed by atoms with Crippen LogP contribution in [0.15, 0.2) is 91.0 Å². The number of hydrogen-bond donors (Lipinski definition) is 4. The molecule has 3 heterocycles. The molecule has 54 heavy (non-hydrogen) atoms. The van der Waals surface area contributed by atoms with Crippen LogP contribution in [0.1, 0.15) is 30.4 Å². The number of fused-ring (bicyclic) bond motifs is 1. The molecule has 5 aromatic rings. The molecule has 1 unspecified atom stereocenters. The quantitative estimate of drug-likeness (QED) is 0.122. The Morgan fingerprint density at radius 2 is 1.59 bits per heavy atom. The molecule has 12 nitrogen and oxygen atoms in total. The highest BCUT2D eigenvalue weighted by atomic mass is 16.5. The van der Waals surface area contributed by atoms with Gasteiger partial charge in [0.15, 0.2) is 6.61 Å². The number of nitrogens with one attached hydrogen (secondary N) is 1. The fourth-order valence-electron chi connectivity index (χ4n) is 7.29. The Morgan fingerprint density at radius 1 is 0.833 bits per heavy atom. The normalized spacial score (nSPS) is 16.4. The lowest BCUT2D eigenvalue weighted by Crippen LogP contribution is -2.54. The SMILES string of the molecule is Cc1c(-c2ccc(O)cc2)n(Cc2ccc(OCCCCN3CCN(C(=O)COc4cccc(N5CCC(=O)NC5O)c4)CC3)cc2)c2ccc(O)cc12. The van der Waals surface area contributed by atoms with Crippen molar-refractivity contribution in [2.24, 2.45) is 0 Å². The lowest BCUT2D eigenvalue weighted by atomic mass is 10.1. The van der Waals surface area contributed by atoms with Gasteiger partial charge in [0.2, 0.25) is 12.3 Å². The second kappa shape index (κ2) is 16.5. The molecule has 7 rings (SSSR count). The van der Waals surface area contributed by atoms with Crippen molar-refractivity contribution in [3.63, 3.8) is 0 Å². The summed E-state index contributed by atoms with van der Waals surface area (Å²) in [4.78, 5) is 30.3. The highest BCUT2D eigenvalue weighted by Gasteiger charge is 2.25. The average molecular weight is 734 g/mol. The summed E-state index contributed by atoms with van der Waals surface area (Å²) >= 11 is 0. The third kappa shape index (κ3) is 8.56. The van der Waals surface area contributed by atoms with Crippen molar-refractivity contribution < 1.29 is 34.4 Å². The molecular weight excluding hydrogens is 686 g/mol. The fraction of sp³-hybridized carbons (Fsp3) is 0.333. The Labute approximate surface area is 314 Å². The summed E-state index contributed by atoms with van der Waals surface area (Å²) in [6, 6.07) is 28.1. The minimum absolute atomic E-state index is 0.0559. The van der Waals surface area contributed by atoms with Crippen molar-refractivity contribution in [1.82, 2.24) is 19.7 Å². The number of aromatic hydroxyl groups is 2. The average Bonchev–Trinajstić information content (AvgIpc) is 3.44. The van der Waals surface area contributed by atoms with Gasteiger partial charge in [-0.1, -0.05) is 18.2 Å². The number of aliphatic hydroxyl groups excluding tert-OH is 1. The lowest BCUT2D eigenvalue weighted by Gasteiger charge is -2.35. The molecule has 282 valence electrons. The van der Waals surface area contributed by atoms with Crippen molar-refractivity contribution in [3.8, 4) is 34.3 Å². The van der Waals surface area contributed by atoms with E-state index in [4.69, 9.17) is 9.47 Å². The Kier molecular flexibility index (Phi) is 11.2. The number of carbonyl (C=O) groups excluding carboxylic acids is 2. The molecule has 4 N–H and O–H groups in total. The van der Waals surface area contributed by atoms with E-state index in [0.717, 1.165) is 71.5 Å². The summed E-state index contributed by atoms with van der Waals surface area (Å²) in [5, 5.41) is 33.8. The molecule has 0 spiro atoms. The first-order valence-corrected chi connectivity index (χ1v) is 18.5. The minimum Gasteiger partial charge on any atom is -0.508 e. The van der Waals surface area contributed by atoms with Gasteiger partial charge in [-0.05, 0) is 110 Å². The molecule has 2 aliphatic heterocycles. The first-order chi connectivity index (χ1) is 26.2. The zero-order valence-corrected chi connectivity index (χ0v) is 30.5. The molecule has 12 heteroatoms. The molecule has 2 aliphatic rings. The van der Waals surface area contributed by atoms with Gasteiger partial charge in [-0.25, -0.2) is 0 Å². The van der Waals surface area contributed by atoms with Gasteiger partial charge in [0, 0.05) is 68.3 Å². The number of anilines is 1. The minimum atomic E-state index is -1.09. The molecule has 0 radical (unpaired) electrons. The molecule has 0 bridgehead atoms. The van der Waals surface area contributed by atoms with E-state index in [1.807, 2.05) is 41.3 Å². The third-order valence-corrected chi connectivity index (χ3v) is 10.2. The van der Waals surface area contributed by atoms with Crippen molar-refractivity contribution in [1.29, 1.82) is 0 Å². The topological polar surface area (TPSA) is 140 Å². The van der Waals surface area contributed by atoms with Crippen LogP contribution in [0.3, 0.4) is 0 Å². The van der Waals surface area contributed by atoms with Crippen LogP contribution in [-0.4, -0.2) is 100 Å². The van der Waals surface area contributed by atoms with Crippen LogP contribution >= 0.6 is 0 Å². The highest BCUT2D eigenvalue weighted by molar-refractivity contribution is 5.92. The van der Waals surface area contributed by atoms with Crippen LogP contribution < -0.4 is 19.7 Å². The number of piperazine rings is 1. The molecule has 0 aliphatic carbocycles. The number of nitrogens with zero attached hydrogens (tertiary/aromatic N) is 4. The summed E-state index contributed by atoms with van der Waals surface area (Å²) in [6.45, 7) is 7.54. The summed E-state index contributed by atoms with van der Waals surface area (Å²) in [5.41, 5.74) is 5.98. The number of aromatic nitrogens is 1. The number of unbranched alkanes of at least 4 members (excludes halogenated alkanes) is 1. The second-order valence-electron chi connectivity index (χ2n) is 13.9. The predicted octanol–water partition coefficient (Wildman–Crippen LogP) is 5.06. The van der Waals surface area contributed by atoms with E-state index in [9.17, 15) is 24.9 Å². The number of aryl methyl sites for hydroxylation is 1. The maximum absolute atomic E-state index is 12.9. The van der Waals surface area contributed by atoms with Crippen molar-refractivity contribution in [2.75, 3.05) is 57.4 Å². The summed E-state index contributed by atoms with van der Waals surface area (Å²) in [5.74, 6) is 1.57. The van der Waals surface area contributed by atoms with E-state index in [1.165, 1.54) is 0 Å². The fourth-order valence-corrected chi connectivity index (χ4v) is 7.29. The van der Waals surface area contributed by atoms with E-state index < -0.39 is 6.35 Å². The highest BCUT2D eigenvalue weighted by Crippen LogP contribution is 2.36. The number of rotatable bonds is 13. The molecule has 2 fully saturated rings. The number of carbonyl (C=O) groups is 2. The zero-order valence-electron chi connectivity index (χ0n) is 30.5. The largest absolute Gasteiger partial charge is 0.508 e. The molecule has 1 aromatic heterocycles. The smallest absolute Gasteiger partial charge is 0.260 e. The van der Waals surface area contributed by atoms with Crippen molar-refractivity contribution >= 4 is 28.4 Å². The first-order valence-electron chi connectivity index (χ1n) is 18.5. The van der Waals surface area contributed by atoms with Crippen molar-refractivity contribution in [3.05, 3.63) is 102 Å². The van der Waals surface area contributed by atoms with Crippen LogP contribution in [-0.2, 0) is 16.1 Å². The molecule has 1 atom stereocenters. The number of ether oxygens (including phenoxy) is 2. The number of aliphatic hydroxyl groups is 1.